The first-order valence-electron chi connectivity index (χ1n) is 6.06. The summed E-state index contributed by atoms with van der Waals surface area (Å²) in [5.41, 5.74) is 7.24. The molecular formula is C12H21N3O2S. The Kier molecular flexibility index (Phi) is 5.43. The lowest BCUT2D eigenvalue weighted by Gasteiger charge is -2.19. The monoisotopic (exact) mass is 271 g/mol. The second kappa shape index (κ2) is 6.61. The molecule has 0 fully saturated rings. The molecule has 1 aromatic rings. The van der Waals surface area contributed by atoms with Crippen molar-refractivity contribution < 1.29 is 8.42 Å². The van der Waals surface area contributed by atoms with Gasteiger partial charge < -0.3 is 11.1 Å². The number of hydrogen-bond donors (Lipinski definition) is 2. The third kappa shape index (κ3) is 4.19. The van der Waals surface area contributed by atoms with Crippen molar-refractivity contribution in [3.05, 3.63) is 24.3 Å². The van der Waals surface area contributed by atoms with Gasteiger partial charge in [-0.1, -0.05) is 6.92 Å². The normalized spacial score (nSPS) is 11.7. The number of nitrogen functional groups attached to an aromatic ring is 1. The lowest BCUT2D eigenvalue weighted by atomic mass is 10.3. The number of nitrogens with two attached hydrogens (primary N) is 1. The van der Waals surface area contributed by atoms with E-state index in [2.05, 4.69) is 5.32 Å². The number of likely N-dealkylation sites (N-methyl/N-ethyl adjacent to an activating group) is 1. The van der Waals surface area contributed by atoms with Crippen molar-refractivity contribution in [2.75, 3.05) is 36.4 Å². The number of nitrogens with zero attached hydrogens (tertiary/aromatic N) is 1. The Bertz CT molecular complexity index is 457. The summed E-state index contributed by atoms with van der Waals surface area (Å²) in [6.07, 6.45) is 0. The zero-order chi connectivity index (χ0) is 13.6. The van der Waals surface area contributed by atoms with Crippen molar-refractivity contribution in [3.63, 3.8) is 0 Å². The van der Waals surface area contributed by atoms with Gasteiger partial charge in [0.2, 0.25) is 10.0 Å². The zero-order valence-electron chi connectivity index (χ0n) is 10.9. The maximum Gasteiger partial charge on any atom is 0.213 e. The Balaban J connectivity index is 2.47. The fourth-order valence-corrected chi connectivity index (χ4v) is 2.73. The van der Waals surface area contributed by atoms with E-state index in [1.54, 1.807) is 6.92 Å². The fourth-order valence-electron chi connectivity index (χ4n) is 1.60. The number of nitrogens with one attached hydrogen (secondary N) is 1. The molecule has 0 atom stereocenters. The summed E-state index contributed by atoms with van der Waals surface area (Å²) in [6, 6.07) is 7.37. The first-order valence-corrected chi connectivity index (χ1v) is 7.67. The Morgan fingerprint density at radius 1 is 1.22 bits per heavy atom. The molecule has 0 aliphatic rings. The van der Waals surface area contributed by atoms with Gasteiger partial charge in [0, 0.05) is 31.0 Å². The van der Waals surface area contributed by atoms with Crippen molar-refractivity contribution in [3.8, 4) is 0 Å². The molecule has 1 aromatic carbocycles. The van der Waals surface area contributed by atoms with E-state index in [0.717, 1.165) is 5.69 Å². The average molecular weight is 271 g/mol. The van der Waals surface area contributed by atoms with Gasteiger partial charge in [-0.05, 0) is 31.2 Å². The van der Waals surface area contributed by atoms with Crippen LogP contribution in [0.25, 0.3) is 0 Å². The Morgan fingerprint density at radius 3 is 2.33 bits per heavy atom. The molecule has 0 aromatic heterocycles. The van der Waals surface area contributed by atoms with Crippen LogP contribution in [0.3, 0.4) is 0 Å². The van der Waals surface area contributed by atoms with Crippen LogP contribution >= 0.6 is 0 Å². The highest BCUT2D eigenvalue weighted by atomic mass is 32.2. The molecular weight excluding hydrogens is 250 g/mol. The molecule has 0 unspecified atom stereocenters. The summed E-state index contributed by atoms with van der Waals surface area (Å²) >= 11 is 0. The van der Waals surface area contributed by atoms with Gasteiger partial charge in [-0.25, -0.2) is 12.7 Å². The van der Waals surface area contributed by atoms with Crippen LogP contribution in [0.2, 0.25) is 0 Å². The minimum atomic E-state index is -3.10. The highest BCUT2D eigenvalue weighted by Gasteiger charge is 2.16. The van der Waals surface area contributed by atoms with Crippen molar-refractivity contribution in [2.45, 2.75) is 13.8 Å². The number of rotatable bonds is 7. The van der Waals surface area contributed by atoms with Gasteiger partial charge in [0.25, 0.3) is 0 Å². The van der Waals surface area contributed by atoms with E-state index in [4.69, 9.17) is 5.73 Å². The molecule has 18 heavy (non-hydrogen) atoms. The maximum atomic E-state index is 11.7. The second-order valence-corrected chi connectivity index (χ2v) is 6.20. The second-order valence-electron chi connectivity index (χ2n) is 3.94. The van der Waals surface area contributed by atoms with Gasteiger partial charge in [0.1, 0.15) is 0 Å². The van der Waals surface area contributed by atoms with Gasteiger partial charge >= 0.3 is 0 Å². The van der Waals surface area contributed by atoms with Crippen LogP contribution in [0.1, 0.15) is 13.8 Å². The molecule has 3 N–H and O–H groups in total. The van der Waals surface area contributed by atoms with Crippen molar-refractivity contribution in [2.24, 2.45) is 0 Å². The van der Waals surface area contributed by atoms with Gasteiger partial charge in [-0.3, -0.25) is 0 Å². The molecule has 0 heterocycles. The number of benzene rings is 1. The molecule has 0 amide bonds. The molecule has 0 aliphatic carbocycles. The first-order chi connectivity index (χ1) is 8.49. The van der Waals surface area contributed by atoms with E-state index in [-0.39, 0.29) is 5.75 Å². The molecule has 0 bridgehead atoms. The third-order valence-corrected chi connectivity index (χ3v) is 4.67. The summed E-state index contributed by atoms with van der Waals surface area (Å²) in [7, 11) is -3.10. The Hall–Kier alpha value is -1.27. The standard InChI is InChI=1S/C12H21N3O2S/c1-3-15(18(16,17)4-2)10-9-14-12-7-5-11(13)6-8-12/h5-8,14H,3-4,9-10,13H2,1-2H3. The van der Waals surface area contributed by atoms with Crippen LogP contribution in [0.4, 0.5) is 11.4 Å². The van der Waals surface area contributed by atoms with Crippen LogP contribution in [0.5, 0.6) is 0 Å². The molecule has 6 heteroatoms. The Morgan fingerprint density at radius 2 is 1.83 bits per heavy atom. The lowest BCUT2D eigenvalue weighted by molar-refractivity contribution is 0.440. The van der Waals surface area contributed by atoms with Gasteiger partial charge in [-0.2, -0.15) is 0 Å². The number of sulfonamides is 1. The van der Waals surface area contributed by atoms with E-state index in [1.807, 2.05) is 31.2 Å². The highest BCUT2D eigenvalue weighted by molar-refractivity contribution is 7.89. The van der Waals surface area contributed by atoms with Crippen LogP contribution in [-0.4, -0.2) is 38.1 Å². The van der Waals surface area contributed by atoms with Gasteiger partial charge in [0.15, 0.2) is 0 Å². The summed E-state index contributed by atoms with van der Waals surface area (Å²) < 4.78 is 24.9. The first kappa shape index (κ1) is 14.8. The van der Waals surface area contributed by atoms with E-state index in [0.29, 0.717) is 25.3 Å². The molecule has 0 spiro atoms. The van der Waals surface area contributed by atoms with Crippen LogP contribution in [0, 0.1) is 0 Å². The quantitative estimate of drug-likeness (QED) is 0.734. The minimum absolute atomic E-state index is 0.142. The molecule has 5 nitrogen and oxygen atoms in total. The van der Waals surface area contributed by atoms with Crippen LogP contribution in [0.15, 0.2) is 24.3 Å². The molecule has 0 radical (unpaired) electrons. The molecule has 0 saturated heterocycles. The Labute approximate surface area is 109 Å². The average Bonchev–Trinajstić information content (AvgIpc) is 2.36. The van der Waals surface area contributed by atoms with E-state index >= 15 is 0 Å². The smallest absolute Gasteiger partial charge is 0.213 e. The van der Waals surface area contributed by atoms with E-state index in [9.17, 15) is 8.42 Å². The number of anilines is 2. The molecule has 0 aliphatic heterocycles. The SMILES string of the molecule is CCN(CCNc1ccc(N)cc1)S(=O)(=O)CC. The van der Waals surface area contributed by atoms with Crippen molar-refractivity contribution >= 4 is 21.4 Å². The predicted octanol–water partition coefficient (Wildman–Crippen LogP) is 1.35. The maximum absolute atomic E-state index is 11.7. The van der Waals surface area contributed by atoms with Crippen LogP contribution in [-0.2, 0) is 10.0 Å². The predicted molar refractivity (Wildman–Crippen MR) is 76.1 cm³/mol. The van der Waals surface area contributed by atoms with Crippen molar-refractivity contribution in [1.29, 1.82) is 0 Å². The summed E-state index contributed by atoms with van der Waals surface area (Å²) in [5.74, 6) is 0.142. The minimum Gasteiger partial charge on any atom is -0.399 e. The van der Waals surface area contributed by atoms with E-state index < -0.39 is 10.0 Å². The van der Waals surface area contributed by atoms with Crippen molar-refractivity contribution in [1.82, 2.24) is 4.31 Å². The summed E-state index contributed by atoms with van der Waals surface area (Å²) in [5, 5.41) is 3.17. The molecule has 102 valence electrons. The van der Waals surface area contributed by atoms with Crippen LogP contribution < -0.4 is 11.1 Å². The molecule has 0 saturated carbocycles. The fraction of sp³-hybridized carbons (Fsp3) is 0.500. The van der Waals surface area contributed by atoms with Gasteiger partial charge in [-0.15, -0.1) is 0 Å². The topological polar surface area (TPSA) is 75.4 Å². The number of hydrogen-bond acceptors (Lipinski definition) is 4. The largest absolute Gasteiger partial charge is 0.399 e. The lowest BCUT2D eigenvalue weighted by Crippen LogP contribution is -2.35. The van der Waals surface area contributed by atoms with E-state index in [1.165, 1.54) is 4.31 Å². The third-order valence-electron chi connectivity index (χ3n) is 2.71. The summed E-state index contributed by atoms with van der Waals surface area (Å²) in [4.78, 5) is 0. The highest BCUT2D eigenvalue weighted by Crippen LogP contribution is 2.10. The molecule has 1 rings (SSSR count). The zero-order valence-corrected chi connectivity index (χ0v) is 11.7. The van der Waals surface area contributed by atoms with Gasteiger partial charge in [0.05, 0.1) is 5.75 Å². The summed E-state index contributed by atoms with van der Waals surface area (Å²) in [6.45, 7) is 5.05.